The number of ether oxygens (including phenoxy) is 2. The highest BCUT2D eigenvalue weighted by molar-refractivity contribution is 8.13. The van der Waals surface area contributed by atoms with Gasteiger partial charge >= 0.3 is 6.09 Å². The van der Waals surface area contributed by atoms with Crippen LogP contribution >= 0.6 is 11.8 Å². The van der Waals surface area contributed by atoms with E-state index in [1.807, 2.05) is 0 Å². The molecule has 11 heteroatoms. The van der Waals surface area contributed by atoms with Crippen molar-refractivity contribution in [1.29, 1.82) is 0 Å². The van der Waals surface area contributed by atoms with Gasteiger partial charge < -0.3 is 14.6 Å². The first-order chi connectivity index (χ1) is 14.0. The molecule has 1 fully saturated rings. The van der Waals surface area contributed by atoms with Gasteiger partial charge in [-0.3, -0.25) is 15.0 Å². The van der Waals surface area contributed by atoms with E-state index in [0.29, 0.717) is 5.75 Å². The zero-order valence-corrected chi connectivity index (χ0v) is 17.9. The largest absolute Gasteiger partial charge is 0.465 e. The van der Waals surface area contributed by atoms with Gasteiger partial charge in [-0.25, -0.2) is 14.2 Å². The van der Waals surface area contributed by atoms with Crippen molar-refractivity contribution in [3.05, 3.63) is 39.7 Å². The normalized spacial score (nSPS) is 26.1. The summed E-state index contributed by atoms with van der Waals surface area (Å²) in [4.78, 5) is 28.5. The maximum absolute atomic E-state index is 15.0. The molecule has 164 valence electrons. The Morgan fingerprint density at radius 1 is 1.53 bits per heavy atom. The van der Waals surface area contributed by atoms with Gasteiger partial charge in [0.1, 0.15) is 11.4 Å². The minimum absolute atomic E-state index is 0.0253. The topological polar surface area (TPSA) is 114 Å². The zero-order chi connectivity index (χ0) is 22.3. The van der Waals surface area contributed by atoms with Crippen LogP contribution in [0.1, 0.15) is 26.3 Å². The maximum atomic E-state index is 15.0. The Kier molecular flexibility index (Phi) is 6.08. The number of carbonyl (C=O) groups is 1. The summed E-state index contributed by atoms with van der Waals surface area (Å²) in [7, 11) is 1.52. The van der Waals surface area contributed by atoms with E-state index in [1.54, 1.807) is 20.8 Å². The second-order valence-electron chi connectivity index (χ2n) is 8.25. The van der Waals surface area contributed by atoms with Gasteiger partial charge in [0.2, 0.25) is 0 Å². The molecule has 0 bridgehead atoms. The molecule has 1 N–H and O–H groups in total. The maximum Gasteiger partial charge on any atom is 0.413 e. The van der Waals surface area contributed by atoms with Gasteiger partial charge in [0, 0.05) is 42.0 Å². The van der Waals surface area contributed by atoms with E-state index in [4.69, 9.17) is 14.5 Å². The summed E-state index contributed by atoms with van der Waals surface area (Å²) in [5.41, 5.74) is -2.33. The van der Waals surface area contributed by atoms with Crippen LogP contribution in [0.25, 0.3) is 0 Å². The van der Waals surface area contributed by atoms with Crippen molar-refractivity contribution in [3.63, 3.8) is 0 Å². The lowest BCUT2D eigenvalue weighted by molar-refractivity contribution is -0.385. The van der Waals surface area contributed by atoms with Crippen LogP contribution in [0.4, 0.5) is 14.9 Å². The SMILES string of the molecule is COC[C@H]1OC[C@]2(c3cc([N+](=O)[O-])ccc3F)N=C(N(C(=O)O)C(C)(C)C)SC[C@H]12. The van der Waals surface area contributed by atoms with Crippen LogP contribution in [-0.4, -0.2) is 63.9 Å². The second kappa shape index (κ2) is 8.12. The number of halogens is 1. The predicted octanol–water partition coefficient (Wildman–Crippen LogP) is 3.47. The first-order valence-electron chi connectivity index (χ1n) is 9.32. The Balaban J connectivity index is 2.20. The monoisotopic (exact) mass is 441 g/mol. The molecule has 0 spiro atoms. The molecule has 2 heterocycles. The fourth-order valence-electron chi connectivity index (χ4n) is 3.89. The summed E-state index contributed by atoms with van der Waals surface area (Å²) in [5.74, 6) is -0.604. The number of hydrogen-bond donors (Lipinski definition) is 1. The standard InChI is InChI=1S/C19H24FN3O6S/c1-18(2,3)22(17(24)25)16-21-19(10-29-15(8-28-4)13(19)9-30-16)12-7-11(23(26)27)5-6-14(12)20/h5-7,13,15H,8-10H2,1-4H3,(H,24,25)/t13-,15-,19-/m1/s1. The number of hydrogen-bond acceptors (Lipinski definition) is 7. The van der Waals surface area contributed by atoms with Crippen LogP contribution in [-0.2, 0) is 15.0 Å². The van der Waals surface area contributed by atoms with Gasteiger partial charge in [0.15, 0.2) is 5.17 Å². The summed E-state index contributed by atoms with van der Waals surface area (Å²) < 4.78 is 26.1. The van der Waals surface area contributed by atoms with E-state index in [-0.39, 0.29) is 35.6 Å². The fraction of sp³-hybridized carbons (Fsp3) is 0.579. The van der Waals surface area contributed by atoms with E-state index < -0.39 is 34.0 Å². The molecule has 3 atom stereocenters. The molecule has 30 heavy (non-hydrogen) atoms. The van der Waals surface area contributed by atoms with Gasteiger partial charge in [-0.2, -0.15) is 0 Å². The number of amidine groups is 1. The van der Waals surface area contributed by atoms with Crippen LogP contribution in [0, 0.1) is 21.8 Å². The number of amides is 1. The molecule has 0 radical (unpaired) electrons. The average molecular weight is 441 g/mol. The minimum Gasteiger partial charge on any atom is -0.465 e. The Labute approximate surface area is 177 Å². The van der Waals surface area contributed by atoms with E-state index in [0.717, 1.165) is 17.0 Å². The zero-order valence-electron chi connectivity index (χ0n) is 17.1. The van der Waals surface area contributed by atoms with Gasteiger partial charge in [-0.15, -0.1) is 0 Å². The Bertz CT molecular complexity index is 890. The number of thioether (sulfide) groups is 1. The summed E-state index contributed by atoms with van der Waals surface area (Å²) in [5, 5.41) is 21.3. The number of carboxylic acid groups (broad SMARTS) is 1. The number of benzene rings is 1. The van der Waals surface area contributed by atoms with Crippen molar-refractivity contribution in [1.82, 2.24) is 4.90 Å². The molecule has 0 unspecified atom stereocenters. The number of aliphatic imine (C=N–C) groups is 1. The van der Waals surface area contributed by atoms with Crippen molar-refractivity contribution >= 4 is 28.7 Å². The van der Waals surface area contributed by atoms with Crippen LogP contribution in [0.15, 0.2) is 23.2 Å². The van der Waals surface area contributed by atoms with E-state index in [1.165, 1.54) is 24.9 Å². The van der Waals surface area contributed by atoms with E-state index in [9.17, 15) is 24.4 Å². The Hall–Kier alpha value is -2.24. The molecule has 0 saturated carbocycles. The number of rotatable bonds is 4. The highest BCUT2D eigenvalue weighted by Gasteiger charge is 2.55. The van der Waals surface area contributed by atoms with Gasteiger partial charge in [-0.1, -0.05) is 11.8 Å². The lowest BCUT2D eigenvalue weighted by atomic mass is 9.78. The molecular formula is C19H24FN3O6S. The lowest BCUT2D eigenvalue weighted by Gasteiger charge is -2.41. The van der Waals surface area contributed by atoms with Gasteiger partial charge in [0.25, 0.3) is 5.69 Å². The summed E-state index contributed by atoms with van der Waals surface area (Å²) in [6.07, 6.45) is -1.59. The summed E-state index contributed by atoms with van der Waals surface area (Å²) >= 11 is 1.25. The molecule has 1 saturated heterocycles. The second-order valence-corrected chi connectivity index (χ2v) is 9.24. The lowest BCUT2D eigenvalue weighted by Crippen LogP contribution is -2.52. The third-order valence-corrected chi connectivity index (χ3v) is 6.34. The smallest absolute Gasteiger partial charge is 0.413 e. The number of nitro benzene ring substituents is 1. The number of methoxy groups -OCH3 is 1. The Morgan fingerprint density at radius 2 is 2.23 bits per heavy atom. The van der Waals surface area contributed by atoms with Crippen LogP contribution in [0.2, 0.25) is 0 Å². The number of fused-ring (bicyclic) bond motifs is 1. The van der Waals surface area contributed by atoms with Crippen LogP contribution in [0.5, 0.6) is 0 Å². The van der Waals surface area contributed by atoms with Crippen LogP contribution < -0.4 is 0 Å². The molecule has 2 aliphatic heterocycles. The van der Waals surface area contributed by atoms with E-state index >= 15 is 0 Å². The molecule has 0 aromatic heterocycles. The quantitative estimate of drug-likeness (QED) is 0.562. The van der Waals surface area contributed by atoms with Crippen molar-refractivity contribution in [3.8, 4) is 0 Å². The average Bonchev–Trinajstić information content (AvgIpc) is 2.99. The first kappa shape index (κ1) is 22.4. The third-order valence-electron chi connectivity index (χ3n) is 5.28. The fourth-order valence-corrected chi connectivity index (χ4v) is 5.41. The highest BCUT2D eigenvalue weighted by Crippen LogP contribution is 2.50. The summed E-state index contributed by atoms with van der Waals surface area (Å²) in [6.45, 7) is 5.41. The molecule has 9 nitrogen and oxygen atoms in total. The van der Waals surface area contributed by atoms with E-state index in [2.05, 4.69) is 0 Å². The van der Waals surface area contributed by atoms with Crippen molar-refractivity contribution in [2.75, 3.05) is 26.1 Å². The van der Waals surface area contributed by atoms with Gasteiger partial charge in [-0.05, 0) is 26.8 Å². The molecular weight excluding hydrogens is 417 g/mol. The molecule has 1 amide bonds. The molecule has 0 aliphatic carbocycles. The summed E-state index contributed by atoms with van der Waals surface area (Å²) in [6, 6.07) is 3.30. The molecule has 1 aromatic rings. The highest BCUT2D eigenvalue weighted by atomic mass is 32.2. The number of nitrogens with zero attached hydrogens (tertiary/aromatic N) is 3. The van der Waals surface area contributed by atoms with Crippen molar-refractivity contribution in [2.24, 2.45) is 10.9 Å². The van der Waals surface area contributed by atoms with Crippen molar-refractivity contribution in [2.45, 2.75) is 38.0 Å². The third kappa shape index (κ3) is 3.88. The number of nitro groups is 1. The first-order valence-corrected chi connectivity index (χ1v) is 10.3. The minimum atomic E-state index is -1.29. The molecule has 3 rings (SSSR count). The predicted molar refractivity (Wildman–Crippen MR) is 109 cm³/mol. The molecule has 2 aliphatic rings. The number of non-ortho nitro benzene ring substituents is 1. The van der Waals surface area contributed by atoms with Crippen molar-refractivity contribution < 1.29 is 28.7 Å². The van der Waals surface area contributed by atoms with Crippen LogP contribution in [0.3, 0.4) is 0 Å². The Morgan fingerprint density at radius 3 is 2.80 bits per heavy atom. The van der Waals surface area contributed by atoms with Gasteiger partial charge in [0.05, 0.1) is 24.2 Å². The molecule has 1 aromatic carbocycles.